The summed E-state index contributed by atoms with van der Waals surface area (Å²) in [7, 11) is 3.32. The molecule has 0 aliphatic rings. The second-order valence-corrected chi connectivity index (χ2v) is 6.42. The zero-order chi connectivity index (χ0) is 17.4. The van der Waals surface area contributed by atoms with Crippen LogP contribution in [0.5, 0.6) is 11.5 Å². The van der Waals surface area contributed by atoms with E-state index >= 15 is 0 Å². The predicted molar refractivity (Wildman–Crippen MR) is 100 cm³/mol. The quantitative estimate of drug-likeness (QED) is 0.616. The molecule has 0 fully saturated rings. The Labute approximate surface area is 156 Å². The van der Waals surface area contributed by atoms with Crippen molar-refractivity contribution in [1.29, 1.82) is 0 Å². The molecule has 4 nitrogen and oxygen atoms in total. The van der Waals surface area contributed by atoms with Crippen LogP contribution < -0.4 is 14.8 Å². The number of rotatable bonds is 9. The van der Waals surface area contributed by atoms with E-state index in [0.717, 1.165) is 28.7 Å². The van der Waals surface area contributed by atoms with Crippen LogP contribution >= 0.6 is 27.5 Å². The molecule has 6 heteroatoms. The zero-order valence-electron chi connectivity index (χ0n) is 13.8. The second kappa shape index (κ2) is 9.89. The van der Waals surface area contributed by atoms with Crippen molar-refractivity contribution in [2.45, 2.75) is 13.2 Å². The van der Waals surface area contributed by atoms with Gasteiger partial charge in [0.05, 0.1) is 18.2 Å². The van der Waals surface area contributed by atoms with E-state index in [1.165, 1.54) is 0 Å². The third-order valence-corrected chi connectivity index (χ3v) is 4.39. The molecule has 130 valence electrons. The standard InChI is InChI=1S/C18H21BrClNO3/c1-22-8-7-21-11-13-9-15(19)18(17(10-13)23-2)24-12-14-5-3-4-6-16(14)20/h3-6,9-10,21H,7-8,11-12H2,1-2H3. The van der Waals surface area contributed by atoms with Crippen molar-refractivity contribution in [3.63, 3.8) is 0 Å². The molecule has 2 rings (SSSR count). The van der Waals surface area contributed by atoms with Gasteiger partial charge in [0.1, 0.15) is 6.61 Å². The summed E-state index contributed by atoms with van der Waals surface area (Å²) in [5, 5.41) is 3.99. The summed E-state index contributed by atoms with van der Waals surface area (Å²) < 4.78 is 17.3. The lowest BCUT2D eigenvalue weighted by Crippen LogP contribution is -2.18. The molecular formula is C18H21BrClNO3. The SMILES string of the molecule is COCCNCc1cc(Br)c(OCc2ccccc2Cl)c(OC)c1. The first-order valence-corrected chi connectivity index (χ1v) is 8.75. The van der Waals surface area contributed by atoms with Gasteiger partial charge in [-0.05, 0) is 39.7 Å². The van der Waals surface area contributed by atoms with E-state index in [0.29, 0.717) is 29.7 Å². The van der Waals surface area contributed by atoms with E-state index in [9.17, 15) is 0 Å². The van der Waals surface area contributed by atoms with Gasteiger partial charge >= 0.3 is 0 Å². The number of benzene rings is 2. The summed E-state index contributed by atoms with van der Waals surface area (Å²) in [5.74, 6) is 1.35. The molecule has 0 heterocycles. The summed E-state index contributed by atoms with van der Waals surface area (Å²) in [6, 6.07) is 11.6. The zero-order valence-corrected chi connectivity index (χ0v) is 16.1. The van der Waals surface area contributed by atoms with Crippen molar-refractivity contribution in [3.8, 4) is 11.5 Å². The molecule has 2 aromatic carbocycles. The molecule has 0 atom stereocenters. The summed E-state index contributed by atoms with van der Waals surface area (Å²) in [4.78, 5) is 0. The highest BCUT2D eigenvalue weighted by atomic mass is 79.9. The number of ether oxygens (including phenoxy) is 3. The Bertz CT molecular complexity index is 667. The Balaban J connectivity index is 2.08. The molecule has 2 aromatic rings. The van der Waals surface area contributed by atoms with Gasteiger partial charge in [0.25, 0.3) is 0 Å². The van der Waals surface area contributed by atoms with Crippen molar-refractivity contribution in [2.75, 3.05) is 27.4 Å². The summed E-state index contributed by atoms with van der Waals surface area (Å²) in [5.41, 5.74) is 2.03. The molecule has 0 aromatic heterocycles. The Hall–Kier alpha value is -1.27. The number of hydrogen-bond donors (Lipinski definition) is 1. The lowest BCUT2D eigenvalue weighted by Gasteiger charge is -2.15. The Morgan fingerprint density at radius 3 is 2.67 bits per heavy atom. The van der Waals surface area contributed by atoms with E-state index in [2.05, 4.69) is 21.2 Å². The smallest absolute Gasteiger partial charge is 0.175 e. The largest absolute Gasteiger partial charge is 0.493 e. The van der Waals surface area contributed by atoms with Crippen molar-refractivity contribution in [3.05, 3.63) is 57.0 Å². The molecule has 0 unspecified atom stereocenters. The summed E-state index contributed by atoms with van der Waals surface area (Å²) in [6.07, 6.45) is 0. The van der Waals surface area contributed by atoms with Crippen LogP contribution in [0.2, 0.25) is 5.02 Å². The van der Waals surface area contributed by atoms with Crippen LogP contribution in [-0.4, -0.2) is 27.4 Å². The molecule has 24 heavy (non-hydrogen) atoms. The van der Waals surface area contributed by atoms with Gasteiger partial charge in [0.2, 0.25) is 0 Å². The first-order valence-electron chi connectivity index (χ1n) is 7.58. The maximum atomic E-state index is 6.17. The predicted octanol–water partition coefficient (Wildman–Crippen LogP) is 4.43. The third kappa shape index (κ3) is 5.38. The van der Waals surface area contributed by atoms with E-state index < -0.39 is 0 Å². The number of methoxy groups -OCH3 is 2. The summed E-state index contributed by atoms with van der Waals surface area (Å²) in [6.45, 7) is 2.57. The van der Waals surface area contributed by atoms with Crippen molar-refractivity contribution >= 4 is 27.5 Å². The lowest BCUT2D eigenvalue weighted by atomic mass is 10.2. The molecule has 1 N–H and O–H groups in total. The van der Waals surface area contributed by atoms with Gasteiger partial charge in [-0.2, -0.15) is 0 Å². The first kappa shape index (κ1) is 19.1. The van der Waals surface area contributed by atoms with Crippen LogP contribution in [0.25, 0.3) is 0 Å². The fraction of sp³-hybridized carbons (Fsp3) is 0.333. The maximum Gasteiger partial charge on any atom is 0.175 e. The van der Waals surface area contributed by atoms with Crippen LogP contribution in [0.15, 0.2) is 40.9 Å². The van der Waals surface area contributed by atoms with Crippen LogP contribution in [0.3, 0.4) is 0 Å². The van der Waals surface area contributed by atoms with Crippen molar-refractivity contribution < 1.29 is 14.2 Å². The maximum absolute atomic E-state index is 6.17. The Morgan fingerprint density at radius 1 is 1.17 bits per heavy atom. The van der Waals surface area contributed by atoms with Crippen LogP contribution in [0.1, 0.15) is 11.1 Å². The fourth-order valence-corrected chi connectivity index (χ4v) is 2.98. The van der Waals surface area contributed by atoms with Crippen LogP contribution in [-0.2, 0) is 17.9 Å². The minimum absolute atomic E-state index is 0.375. The number of nitrogens with one attached hydrogen (secondary N) is 1. The van der Waals surface area contributed by atoms with E-state index in [-0.39, 0.29) is 0 Å². The van der Waals surface area contributed by atoms with Crippen LogP contribution in [0.4, 0.5) is 0 Å². The van der Waals surface area contributed by atoms with Crippen molar-refractivity contribution in [2.24, 2.45) is 0 Å². The minimum atomic E-state index is 0.375. The molecular weight excluding hydrogens is 394 g/mol. The average Bonchev–Trinajstić information content (AvgIpc) is 2.58. The number of halogens is 2. The van der Waals surface area contributed by atoms with Crippen LogP contribution in [0, 0.1) is 0 Å². The molecule has 0 radical (unpaired) electrons. The second-order valence-electron chi connectivity index (χ2n) is 5.16. The van der Waals surface area contributed by atoms with Gasteiger partial charge in [0.15, 0.2) is 11.5 Å². The average molecular weight is 415 g/mol. The fourth-order valence-electron chi connectivity index (χ4n) is 2.19. The molecule has 0 saturated heterocycles. The van der Waals surface area contributed by atoms with Gasteiger partial charge in [-0.3, -0.25) is 0 Å². The highest BCUT2D eigenvalue weighted by molar-refractivity contribution is 9.10. The molecule has 0 aliphatic heterocycles. The Morgan fingerprint density at radius 2 is 1.96 bits per heavy atom. The van der Waals surface area contributed by atoms with E-state index in [1.807, 2.05) is 36.4 Å². The minimum Gasteiger partial charge on any atom is -0.493 e. The van der Waals surface area contributed by atoms with Gasteiger partial charge in [-0.1, -0.05) is 29.8 Å². The highest BCUT2D eigenvalue weighted by Crippen LogP contribution is 2.37. The van der Waals surface area contributed by atoms with Gasteiger partial charge < -0.3 is 19.5 Å². The normalized spacial score (nSPS) is 10.7. The van der Waals surface area contributed by atoms with Gasteiger partial charge in [-0.25, -0.2) is 0 Å². The number of hydrogen-bond acceptors (Lipinski definition) is 4. The summed E-state index contributed by atoms with van der Waals surface area (Å²) >= 11 is 9.73. The highest BCUT2D eigenvalue weighted by Gasteiger charge is 2.12. The molecule has 0 saturated carbocycles. The van der Waals surface area contributed by atoms with E-state index in [4.69, 9.17) is 25.8 Å². The van der Waals surface area contributed by atoms with Crippen molar-refractivity contribution in [1.82, 2.24) is 5.32 Å². The third-order valence-electron chi connectivity index (χ3n) is 3.43. The van der Waals surface area contributed by atoms with E-state index in [1.54, 1.807) is 14.2 Å². The monoisotopic (exact) mass is 413 g/mol. The van der Waals surface area contributed by atoms with Gasteiger partial charge in [-0.15, -0.1) is 0 Å². The lowest BCUT2D eigenvalue weighted by molar-refractivity contribution is 0.199. The van der Waals surface area contributed by atoms with Gasteiger partial charge in [0, 0.05) is 30.8 Å². The molecule has 0 spiro atoms. The molecule has 0 bridgehead atoms. The molecule has 0 amide bonds. The topological polar surface area (TPSA) is 39.7 Å². The first-order chi connectivity index (χ1) is 11.7. The Kier molecular flexibility index (Phi) is 7.85. The molecule has 0 aliphatic carbocycles.